The molecular weight excluding hydrogens is 1100 g/mol. The number of aromatic nitrogens is 1. The van der Waals surface area contributed by atoms with Crippen LogP contribution < -0.4 is 32.1 Å². The van der Waals surface area contributed by atoms with Crippen molar-refractivity contribution < 1.29 is 84.2 Å². The SMILES string of the molecule is CC(C)[C@@H](NC(=O)c1ccc[n+](Cc2cc(C(O)CNCCCCCCOCCCCc3ccccc3)ccc2OP(=O)(O)O)c1)C(=O)OCC(=O)[C@@]12O[C@H](C3CCCCC3)O[C@@H]1C[C@H]1[C@@H]3CCC4=CC(=O)C=C[C@]4(C)[C@H]3[C@@H](O)C[C@@]12C.[Cl-]. The highest BCUT2D eigenvalue weighted by Crippen LogP contribution is 2.70. The van der Waals surface area contributed by atoms with Gasteiger partial charge in [-0.2, -0.15) is 4.57 Å². The molecule has 0 radical (unpaired) electrons. The van der Waals surface area contributed by atoms with Crippen LogP contribution in [0.3, 0.4) is 0 Å². The third kappa shape index (κ3) is 14.8. The number of phosphoric ester groups is 1. The molecule has 5 fully saturated rings. The Bertz CT molecular complexity index is 2840. The largest absolute Gasteiger partial charge is 1.00 e. The summed E-state index contributed by atoms with van der Waals surface area (Å²) in [5.41, 5.74) is 0.504. The van der Waals surface area contributed by atoms with Gasteiger partial charge in [0, 0.05) is 48.5 Å². The fourth-order valence-electron chi connectivity index (χ4n) is 14.8. The van der Waals surface area contributed by atoms with E-state index < -0.39 is 85.1 Å². The second kappa shape index (κ2) is 28.2. The van der Waals surface area contributed by atoms with Gasteiger partial charge in [-0.05, 0) is 136 Å². The highest BCUT2D eigenvalue weighted by Gasteiger charge is 2.76. The molecule has 11 atom stereocenters. The van der Waals surface area contributed by atoms with Crippen LogP contribution >= 0.6 is 7.82 Å². The lowest BCUT2D eigenvalue weighted by molar-refractivity contribution is -0.688. The molecular formula is C64H87ClN3O14P. The number of unbranched alkanes of at least 4 members (excludes halogenated alkanes) is 4. The first-order valence-electron chi connectivity index (χ1n) is 30.1. The zero-order valence-corrected chi connectivity index (χ0v) is 50.3. The number of nitrogens with zero attached hydrogens (tertiary/aromatic N) is 1. The van der Waals surface area contributed by atoms with Crippen molar-refractivity contribution in [1.29, 1.82) is 0 Å². The lowest BCUT2D eigenvalue weighted by Gasteiger charge is -2.59. The summed E-state index contributed by atoms with van der Waals surface area (Å²) in [4.78, 5) is 75.5. The number of aliphatic hydroxyl groups is 2. The molecule has 2 aromatic carbocycles. The average molecular weight is 1190 g/mol. The van der Waals surface area contributed by atoms with E-state index >= 15 is 4.79 Å². The minimum absolute atomic E-state index is 0. The summed E-state index contributed by atoms with van der Waals surface area (Å²) in [6.45, 7) is 9.49. The Morgan fingerprint density at radius 3 is 2.42 bits per heavy atom. The minimum atomic E-state index is -4.99. The van der Waals surface area contributed by atoms with Gasteiger partial charge in [0.25, 0.3) is 5.91 Å². The van der Waals surface area contributed by atoms with Gasteiger partial charge in [0.1, 0.15) is 17.4 Å². The fourth-order valence-corrected chi connectivity index (χ4v) is 15.2. The second-order valence-corrected chi connectivity index (χ2v) is 26.0. The first kappa shape index (κ1) is 64.4. The van der Waals surface area contributed by atoms with Crippen LogP contribution in [0.2, 0.25) is 0 Å². The molecule has 5 aliphatic carbocycles. The number of fused-ring (bicyclic) bond motifs is 7. The number of benzene rings is 2. The smallest absolute Gasteiger partial charge is 0.524 e. The van der Waals surface area contributed by atoms with Gasteiger partial charge in [-0.25, -0.2) is 9.36 Å². The van der Waals surface area contributed by atoms with E-state index in [-0.39, 0.29) is 72.7 Å². The molecule has 1 aromatic heterocycles. The predicted molar refractivity (Wildman–Crippen MR) is 306 cm³/mol. The van der Waals surface area contributed by atoms with E-state index in [1.165, 1.54) is 17.8 Å². The van der Waals surface area contributed by atoms with Crippen LogP contribution in [0, 0.1) is 40.4 Å². The zero-order valence-electron chi connectivity index (χ0n) is 48.6. The fraction of sp³-hybridized carbons (Fsp3) is 0.609. The van der Waals surface area contributed by atoms with E-state index in [4.69, 9.17) is 23.5 Å². The van der Waals surface area contributed by atoms with Gasteiger partial charge < -0.3 is 56.7 Å². The molecule has 1 aliphatic heterocycles. The maximum absolute atomic E-state index is 15.2. The van der Waals surface area contributed by atoms with Crippen molar-refractivity contribution in [3.8, 4) is 5.75 Å². The average Bonchev–Trinajstić information content (AvgIpc) is 1.61. The number of hydrogen-bond donors (Lipinski definition) is 6. The molecule has 2 heterocycles. The Balaban J connectivity index is 0.00000900. The summed E-state index contributed by atoms with van der Waals surface area (Å²) in [7, 11) is -4.99. The molecule has 6 N–H and O–H groups in total. The molecule has 19 heteroatoms. The van der Waals surface area contributed by atoms with E-state index in [2.05, 4.69) is 41.8 Å². The number of allylic oxidation sites excluding steroid dienone is 4. The Morgan fingerprint density at radius 2 is 1.67 bits per heavy atom. The standard InChI is InChI=1S/C64H86N3O14P.ClH/c1-42(2)58(60(73)78-41-55(71)64-56(79-61(80-64)44-21-11-8-12-22-44)36-51-50-26-25-48-35-49(68)28-29-62(48,3)57(50)52(69)37-63(51,64)4)66-59(72)46-23-17-31-67(39-46)40-47-34-45(24-27-54(47)81-82(74,75)76)53(70)38-65-30-14-5-6-15-32-77-33-16-13-20-43-18-9-7-10-19-43;/h7,9-10,17-19,23-24,27-29,31,34-35,39,42,44,50-53,56-58,61,65,69-70H,5-6,8,11-16,20-22,25-26,30,32-33,36-38,40-41H2,1-4H3,(H2-,66,72,74,75,76);1H/t50-,51-,52-,53?,56+,57+,58+,61+,62-,63-,64+;/m0./s1. The summed E-state index contributed by atoms with van der Waals surface area (Å²) >= 11 is 0. The Hall–Kier alpha value is -4.65. The van der Waals surface area contributed by atoms with E-state index in [0.717, 1.165) is 102 Å². The van der Waals surface area contributed by atoms with Crippen molar-refractivity contribution >= 4 is 31.3 Å². The maximum Gasteiger partial charge on any atom is 0.524 e. The molecule has 17 nitrogen and oxygen atoms in total. The number of esters is 1. The van der Waals surface area contributed by atoms with Crippen LogP contribution in [-0.4, -0.2) is 106 Å². The predicted octanol–water partition coefficient (Wildman–Crippen LogP) is 5.54. The Morgan fingerprint density at radius 1 is 0.928 bits per heavy atom. The zero-order chi connectivity index (χ0) is 58.2. The molecule has 0 bridgehead atoms. The Kier molecular flexibility index (Phi) is 21.9. The highest BCUT2D eigenvalue weighted by atomic mass is 35.5. The van der Waals surface area contributed by atoms with E-state index in [1.807, 2.05) is 19.1 Å². The molecule has 0 spiro atoms. The van der Waals surface area contributed by atoms with Gasteiger partial charge in [0.15, 0.2) is 43.2 Å². The third-order valence-electron chi connectivity index (χ3n) is 19.0. The third-order valence-corrected chi connectivity index (χ3v) is 19.4. The number of ketones is 2. The number of aryl methyl sites for hydroxylation is 1. The first-order chi connectivity index (χ1) is 39.3. The summed E-state index contributed by atoms with van der Waals surface area (Å²) in [6, 6.07) is 17.1. The molecule has 4 saturated carbocycles. The van der Waals surface area contributed by atoms with Crippen LogP contribution in [0.15, 0.2) is 96.9 Å². The number of ether oxygens (including phenoxy) is 4. The maximum atomic E-state index is 15.2. The number of carbonyl (C=O) groups excluding carboxylic acids is 4. The lowest BCUT2D eigenvalue weighted by atomic mass is 9.46. The van der Waals surface area contributed by atoms with Crippen molar-refractivity contribution in [3.63, 3.8) is 0 Å². The number of halogens is 1. The van der Waals surface area contributed by atoms with Crippen molar-refractivity contribution in [2.24, 2.45) is 40.4 Å². The molecule has 1 saturated heterocycles. The molecule has 3 aromatic rings. The quantitative estimate of drug-likeness (QED) is 0.0238. The molecule has 1 amide bonds. The van der Waals surface area contributed by atoms with Crippen LogP contribution in [0.1, 0.15) is 157 Å². The minimum Gasteiger partial charge on any atom is -1.00 e. The topological polar surface area (TPSA) is 240 Å². The highest BCUT2D eigenvalue weighted by molar-refractivity contribution is 7.46. The number of pyridine rings is 1. The second-order valence-electron chi connectivity index (χ2n) is 24.8. The van der Waals surface area contributed by atoms with Crippen molar-refractivity contribution in [1.82, 2.24) is 10.6 Å². The molecule has 83 heavy (non-hydrogen) atoms. The van der Waals surface area contributed by atoms with Crippen molar-refractivity contribution in [2.45, 2.75) is 173 Å². The number of aliphatic hydroxyl groups excluding tert-OH is 2. The molecule has 1 unspecified atom stereocenters. The van der Waals surface area contributed by atoms with E-state index in [0.29, 0.717) is 30.5 Å². The van der Waals surface area contributed by atoms with Gasteiger partial charge in [-0.3, -0.25) is 24.2 Å². The van der Waals surface area contributed by atoms with Crippen LogP contribution in [0.25, 0.3) is 0 Å². The number of nitrogens with one attached hydrogen (secondary N) is 2. The van der Waals surface area contributed by atoms with Crippen LogP contribution in [-0.2, 0) is 50.9 Å². The molecule has 9 rings (SSSR count). The number of hydrogen-bond acceptors (Lipinski definition) is 13. The van der Waals surface area contributed by atoms with Crippen LogP contribution in [0.5, 0.6) is 5.75 Å². The summed E-state index contributed by atoms with van der Waals surface area (Å²) in [5, 5.41) is 29.6. The van der Waals surface area contributed by atoms with Gasteiger partial charge >= 0.3 is 13.8 Å². The van der Waals surface area contributed by atoms with E-state index in [9.17, 15) is 38.9 Å². The lowest BCUT2D eigenvalue weighted by Crippen LogP contribution is -3.00. The summed E-state index contributed by atoms with van der Waals surface area (Å²) in [5.74, 6) is -2.56. The van der Waals surface area contributed by atoms with E-state index in [1.54, 1.807) is 61.0 Å². The van der Waals surface area contributed by atoms with Gasteiger partial charge in [-0.15, -0.1) is 0 Å². The number of Topliss-reactive ketones (excluding diaryl/α,β-unsaturated/α-hetero) is 1. The molecule has 6 aliphatic rings. The first-order valence-corrected chi connectivity index (χ1v) is 31.7. The number of rotatable bonds is 27. The number of amides is 1. The van der Waals surface area contributed by atoms with Gasteiger partial charge in [0.2, 0.25) is 5.78 Å². The molecule has 454 valence electrons. The number of carbonyl (C=O) groups is 4. The summed E-state index contributed by atoms with van der Waals surface area (Å²) in [6.07, 6.45) is 20.0. The van der Waals surface area contributed by atoms with Crippen LogP contribution in [0.4, 0.5) is 0 Å². The normalized spacial score (nSPS) is 28.2. The summed E-state index contributed by atoms with van der Waals surface area (Å²) < 4.78 is 44.4. The van der Waals surface area contributed by atoms with Crippen molar-refractivity contribution in [2.75, 3.05) is 32.9 Å². The monoisotopic (exact) mass is 1190 g/mol. The van der Waals surface area contributed by atoms with Crippen molar-refractivity contribution in [3.05, 3.63) is 119 Å². The van der Waals surface area contributed by atoms with Gasteiger partial charge in [0.05, 0.1) is 23.9 Å². The Labute approximate surface area is 495 Å². The van der Waals surface area contributed by atoms with Gasteiger partial charge in [-0.1, -0.05) is 108 Å². The number of phosphoric acid groups is 1.